The SMILES string of the molecule is C=C/C=C(\C=C)C=C1CCN(Cc2cnc(NC(C)=O)s2)CC1. The van der Waals surface area contributed by atoms with Crippen LogP contribution in [-0.4, -0.2) is 28.9 Å². The zero-order chi connectivity index (χ0) is 16.7. The Bertz CT molecular complexity index is 632. The number of nitrogens with one attached hydrogen (secondary N) is 1. The number of hydrogen-bond acceptors (Lipinski definition) is 4. The third-order valence-corrected chi connectivity index (χ3v) is 4.53. The largest absolute Gasteiger partial charge is 0.302 e. The Kier molecular flexibility index (Phi) is 6.50. The van der Waals surface area contributed by atoms with Crippen molar-refractivity contribution in [2.45, 2.75) is 26.3 Å². The summed E-state index contributed by atoms with van der Waals surface area (Å²) < 4.78 is 0. The van der Waals surface area contributed by atoms with Gasteiger partial charge in [-0.15, -0.1) is 11.3 Å². The number of allylic oxidation sites excluding steroid dienone is 5. The van der Waals surface area contributed by atoms with Crippen molar-refractivity contribution in [3.63, 3.8) is 0 Å². The molecule has 1 saturated heterocycles. The standard InChI is InChI=1S/C18H23N3OS/c1-4-6-15(5-2)11-16-7-9-21(10-8-16)13-17-12-19-18(23-17)20-14(3)22/h4-6,11-12H,1-2,7-10,13H2,3H3,(H,19,20,22)/b15-6+. The smallest absolute Gasteiger partial charge is 0.223 e. The van der Waals surface area contributed by atoms with E-state index < -0.39 is 0 Å². The topological polar surface area (TPSA) is 45.2 Å². The second kappa shape index (κ2) is 8.60. The molecular weight excluding hydrogens is 306 g/mol. The van der Waals surface area contributed by atoms with Crippen LogP contribution in [0.25, 0.3) is 0 Å². The van der Waals surface area contributed by atoms with E-state index in [0.717, 1.165) is 38.0 Å². The van der Waals surface area contributed by atoms with Crippen LogP contribution in [0.3, 0.4) is 0 Å². The van der Waals surface area contributed by atoms with Gasteiger partial charge in [-0.2, -0.15) is 0 Å². The molecule has 0 saturated carbocycles. The van der Waals surface area contributed by atoms with E-state index in [9.17, 15) is 4.79 Å². The van der Waals surface area contributed by atoms with E-state index in [-0.39, 0.29) is 5.91 Å². The fourth-order valence-corrected chi connectivity index (χ4v) is 3.40. The molecular formula is C18H23N3OS. The van der Waals surface area contributed by atoms with Crippen molar-refractivity contribution >= 4 is 22.4 Å². The molecule has 0 aromatic carbocycles. The number of hydrogen-bond donors (Lipinski definition) is 1. The molecule has 0 unspecified atom stereocenters. The molecule has 4 nitrogen and oxygen atoms in total. The van der Waals surface area contributed by atoms with Crippen molar-refractivity contribution in [1.82, 2.24) is 9.88 Å². The van der Waals surface area contributed by atoms with Gasteiger partial charge in [-0.05, 0) is 18.4 Å². The van der Waals surface area contributed by atoms with Gasteiger partial charge in [-0.25, -0.2) is 4.98 Å². The first kappa shape index (κ1) is 17.4. The van der Waals surface area contributed by atoms with Crippen LogP contribution in [0, 0.1) is 0 Å². The van der Waals surface area contributed by atoms with Crippen molar-refractivity contribution in [2.75, 3.05) is 18.4 Å². The minimum atomic E-state index is -0.0794. The second-order valence-electron chi connectivity index (χ2n) is 5.50. The normalized spacial score (nSPS) is 16.0. The number of carbonyl (C=O) groups is 1. The quantitative estimate of drug-likeness (QED) is 0.805. The number of likely N-dealkylation sites (tertiary alicyclic amines) is 1. The molecule has 122 valence electrons. The van der Waals surface area contributed by atoms with E-state index in [1.165, 1.54) is 17.4 Å². The van der Waals surface area contributed by atoms with Gasteiger partial charge in [0.2, 0.25) is 5.91 Å². The fraction of sp³-hybridized carbons (Fsp3) is 0.333. The van der Waals surface area contributed by atoms with Crippen LogP contribution in [0.15, 0.2) is 54.8 Å². The van der Waals surface area contributed by atoms with Crippen molar-refractivity contribution in [1.29, 1.82) is 0 Å². The first-order valence-corrected chi connectivity index (χ1v) is 8.51. The maximum atomic E-state index is 11.0. The Morgan fingerprint density at radius 3 is 2.78 bits per heavy atom. The van der Waals surface area contributed by atoms with Gasteiger partial charge >= 0.3 is 0 Å². The Morgan fingerprint density at radius 2 is 2.17 bits per heavy atom. The molecule has 1 fully saturated rings. The summed E-state index contributed by atoms with van der Waals surface area (Å²) in [5.41, 5.74) is 2.57. The van der Waals surface area contributed by atoms with Crippen molar-refractivity contribution in [3.05, 3.63) is 59.7 Å². The Labute approximate surface area is 141 Å². The highest BCUT2D eigenvalue weighted by molar-refractivity contribution is 7.15. The lowest BCUT2D eigenvalue weighted by Crippen LogP contribution is -2.29. The highest BCUT2D eigenvalue weighted by Crippen LogP contribution is 2.23. The van der Waals surface area contributed by atoms with Gasteiger partial charge in [-0.3, -0.25) is 9.69 Å². The minimum Gasteiger partial charge on any atom is -0.302 e. The van der Waals surface area contributed by atoms with Gasteiger partial charge in [0.15, 0.2) is 5.13 Å². The molecule has 0 atom stereocenters. The molecule has 2 rings (SSSR count). The summed E-state index contributed by atoms with van der Waals surface area (Å²) >= 11 is 1.54. The zero-order valence-corrected chi connectivity index (χ0v) is 14.4. The number of thiazole rings is 1. The van der Waals surface area contributed by atoms with Crippen molar-refractivity contribution in [2.24, 2.45) is 0 Å². The molecule has 0 radical (unpaired) electrons. The molecule has 0 aliphatic carbocycles. The van der Waals surface area contributed by atoms with Crippen LogP contribution in [-0.2, 0) is 11.3 Å². The lowest BCUT2D eigenvalue weighted by atomic mass is 10.0. The van der Waals surface area contributed by atoms with E-state index in [2.05, 4.69) is 34.4 Å². The third-order valence-electron chi connectivity index (χ3n) is 3.63. The number of amides is 1. The monoisotopic (exact) mass is 329 g/mol. The lowest BCUT2D eigenvalue weighted by molar-refractivity contribution is -0.114. The van der Waals surface area contributed by atoms with E-state index in [4.69, 9.17) is 0 Å². The van der Waals surface area contributed by atoms with Crippen molar-refractivity contribution in [3.8, 4) is 0 Å². The summed E-state index contributed by atoms with van der Waals surface area (Å²) in [5, 5.41) is 3.40. The number of nitrogens with zero attached hydrogens (tertiary/aromatic N) is 2. The summed E-state index contributed by atoms with van der Waals surface area (Å²) in [7, 11) is 0. The molecule has 1 aromatic heterocycles. The zero-order valence-electron chi connectivity index (χ0n) is 13.5. The number of rotatable bonds is 6. The average molecular weight is 329 g/mol. The van der Waals surface area contributed by atoms with Crippen molar-refractivity contribution < 1.29 is 4.79 Å². The van der Waals surface area contributed by atoms with Gasteiger partial charge in [-0.1, -0.05) is 43.0 Å². The predicted octanol–water partition coefficient (Wildman–Crippen LogP) is 3.92. The van der Waals surface area contributed by atoms with E-state index >= 15 is 0 Å². The molecule has 23 heavy (non-hydrogen) atoms. The highest BCUT2D eigenvalue weighted by atomic mass is 32.1. The molecule has 2 heterocycles. The van der Waals surface area contributed by atoms with Crippen LogP contribution < -0.4 is 5.32 Å². The number of aromatic nitrogens is 1. The van der Waals surface area contributed by atoms with Crippen LogP contribution >= 0.6 is 11.3 Å². The summed E-state index contributed by atoms with van der Waals surface area (Å²) in [6.07, 6.45) is 11.8. The van der Waals surface area contributed by atoms with Gasteiger partial charge in [0.1, 0.15) is 0 Å². The third kappa shape index (κ3) is 5.62. The van der Waals surface area contributed by atoms with Gasteiger partial charge in [0.05, 0.1) is 0 Å². The first-order valence-electron chi connectivity index (χ1n) is 7.70. The molecule has 1 amide bonds. The average Bonchev–Trinajstić information content (AvgIpc) is 2.95. The van der Waals surface area contributed by atoms with E-state index in [1.807, 2.05) is 18.3 Å². The lowest BCUT2D eigenvalue weighted by Gasteiger charge is -2.27. The molecule has 5 heteroatoms. The predicted molar refractivity (Wildman–Crippen MR) is 97.5 cm³/mol. The Hall–Kier alpha value is -1.98. The number of piperidine rings is 1. The van der Waals surface area contributed by atoms with Crippen LogP contribution in [0.5, 0.6) is 0 Å². The Morgan fingerprint density at radius 1 is 1.43 bits per heavy atom. The molecule has 0 spiro atoms. The summed E-state index contributed by atoms with van der Waals surface area (Å²) in [5.74, 6) is -0.0794. The highest BCUT2D eigenvalue weighted by Gasteiger charge is 2.15. The van der Waals surface area contributed by atoms with Crippen LogP contribution in [0.2, 0.25) is 0 Å². The summed E-state index contributed by atoms with van der Waals surface area (Å²) in [6.45, 7) is 12.0. The number of anilines is 1. The first-order chi connectivity index (χ1) is 11.1. The van der Waals surface area contributed by atoms with Gasteiger partial charge < -0.3 is 5.32 Å². The van der Waals surface area contributed by atoms with E-state index in [1.54, 1.807) is 17.4 Å². The maximum Gasteiger partial charge on any atom is 0.223 e. The summed E-state index contributed by atoms with van der Waals surface area (Å²) in [4.78, 5) is 18.9. The molecule has 1 N–H and O–H groups in total. The van der Waals surface area contributed by atoms with Crippen LogP contribution in [0.4, 0.5) is 5.13 Å². The molecule has 1 aliphatic heterocycles. The maximum absolute atomic E-state index is 11.0. The minimum absolute atomic E-state index is 0.0794. The molecule has 1 aromatic rings. The number of carbonyl (C=O) groups excluding carboxylic acids is 1. The molecule has 0 bridgehead atoms. The van der Waals surface area contributed by atoms with Gasteiger partial charge in [0.25, 0.3) is 0 Å². The second-order valence-corrected chi connectivity index (χ2v) is 6.61. The fourth-order valence-electron chi connectivity index (χ4n) is 2.50. The van der Waals surface area contributed by atoms with Gasteiger partial charge in [0, 0.05) is 37.6 Å². The Balaban J connectivity index is 1.87. The van der Waals surface area contributed by atoms with E-state index in [0.29, 0.717) is 5.13 Å². The van der Waals surface area contributed by atoms with Crippen LogP contribution in [0.1, 0.15) is 24.6 Å². The molecule has 1 aliphatic rings. The summed E-state index contributed by atoms with van der Waals surface area (Å²) in [6, 6.07) is 0.